The number of Topliss-reactive ketones (excluding diaryl/α,β-unsaturated/α-hetero) is 2. The van der Waals surface area contributed by atoms with Crippen LogP contribution < -0.4 is 21.8 Å². The molecule has 15 nitrogen and oxygen atoms in total. The van der Waals surface area contributed by atoms with Gasteiger partial charge in [-0.1, -0.05) is 102 Å². The number of nitrogens with zero attached hydrogens (tertiary/aromatic N) is 2. The van der Waals surface area contributed by atoms with E-state index >= 15 is 9.59 Å². The van der Waals surface area contributed by atoms with Crippen molar-refractivity contribution in [3.8, 4) is 0 Å². The van der Waals surface area contributed by atoms with Gasteiger partial charge in [0.05, 0.1) is 45.3 Å². The van der Waals surface area contributed by atoms with Crippen LogP contribution in [0.25, 0.3) is 0 Å². The highest BCUT2D eigenvalue weighted by Crippen LogP contribution is 2.36. The van der Waals surface area contributed by atoms with Crippen LogP contribution in [-0.4, -0.2) is 110 Å². The van der Waals surface area contributed by atoms with E-state index in [1.165, 1.54) is 14.2 Å². The van der Waals surface area contributed by atoms with Crippen molar-refractivity contribution in [3.05, 3.63) is 71.3 Å². The molecule has 1 saturated carbocycles. The van der Waals surface area contributed by atoms with Crippen molar-refractivity contribution in [3.63, 3.8) is 0 Å². The second-order valence-corrected chi connectivity index (χ2v) is 16.2. The molecule has 3 amide bonds. The first-order chi connectivity index (χ1) is 27.7. The molecule has 1 aliphatic carbocycles. The van der Waals surface area contributed by atoms with E-state index in [-0.39, 0.29) is 29.5 Å². The summed E-state index contributed by atoms with van der Waals surface area (Å²) < 4.78 is 15.2. The van der Waals surface area contributed by atoms with Gasteiger partial charge in [0.2, 0.25) is 0 Å². The molecule has 5 atom stereocenters. The summed E-state index contributed by atoms with van der Waals surface area (Å²) in [6.45, 7) is 10.6. The summed E-state index contributed by atoms with van der Waals surface area (Å²) in [7, 11) is 2.39. The fourth-order valence-corrected chi connectivity index (χ4v) is 7.93. The Kier molecular flexibility index (Phi) is 17.6. The molecule has 4 rings (SSSR count). The third-order valence-electron chi connectivity index (χ3n) is 11.2. The smallest absolute Gasteiger partial charge is 0.407 e. The van der Waals surface area contributed by atoms with Crippen molar-refractivity contribution in [2.75, 3.05) is 53.6 Å². The monoisotopic (exact) mass is 808 g/mol. The number of hydrogen-bond donors (Lipinski definition) is 5. The molecule has 320 valence electrons. The number of hydrogen-bond acceptors (Lipinski definition) is 12. The highest BCUT2D eigenvalue weighted by atomic mass is 16.5. The second-order valence-electron chi connectivity index (χ2n) is 16.2. The highest BCUT2D eigenvalue weighted by molar-refractivity contribution is 6.02. The first kappa shape index (κ1) is 46.3. The number of carbonyl (C=O) groups excluding carboxylic acids is 5. The maximum Gasteiger partial charge on any atom is 0.407 e. The molecule has 2 fully saturated rings. The maximum absolute atomic E-state index is 15.2. The van der Waals surface area contributed by atoms with E-state index in [1.54, 1.807) is 75.2 Å². The highest BCUT2D eigenvalue weighted by Gasteiger charge is 2.51. The Hall–Kier alpha value is -4.41. The molecule has 1 aliphatic heterocycles. The summed E-state index contributed by atoms with van der Waals surface area (Å²) in [6, 6.07) is 13.1. The van der Waals surface area contributed by atoms with E-state index in [1.807, 2.05) is 12.1 Å². The Labute approximate surface area is 342 Å². The molecular formula is C43H64N6O9. The number of amides is 3. The molecule has 2 aliphatic rings. The zero-order chi connectivity index (χ0) is 42.4. The van der Waals surface area contributed by atoms with Crippen LogP contribution in [0.2, 0.25) is 0 Å². The molecule has 1 heterocycles. The van der Waals surface area contributed by atoms with Gasteiger partial charge in [0.25, 0.3) is 5.91 Å². The Morgan fingerprint density at radius 1 is 0.862 bits per heavy atom. The van der Waals surface area contributed by atoms with E-state index in [0.717, 1.165) is 50.8 Å². The lowest BCUT2D eigenvalue weighted by Crippen LogP contribution is -2.61. The van der Waals surface area contributed by atoms with Crippen LogP contribution in [0.1, 0.15) is 81.3 Å². The minimum atomic E-state index is -2.44. The predicted molar refractivity (Wildman–Crippen MR) is 218 cm³/mol. The van der Waals surface area contributed by atoms with Crippen molar-refractivity contribution in [1.29, 1.82) is 0 Å². The van der Waals surface area contributed by atoms with Crippen LogP contribution in [0, 0.1) is 29.6 Å². The number of hydrazine groups is 1. The molecule has 58 heavy (non-hydrogen) atoms. The molecule has 15 heteroatoms. The average Bonchev–Trinajstić information content (AvgIpc) is 3.22. The molecule has 6 N–H and O–H groups in total. The number of benzene rings is 2. The van der Waals surface area contributed by atoms with Crippen LogP contribution in [0.5, 0.6) is 0 Å². The van der Waals surface area contributed by atoms with Gasteiger partial charge in [0.15, 0.2) is 11.6 Å². The van der Waals surface area contributed by atoms with Gasteiger partial charge in [-0.3, -0.25) is 30.4 Å². The van der Waals surface area contributed by atoms with E-state index in [2.05, 4.69) is 21.0 Å². The van der Waals surface area contributed by atoms with Gasteiger partial charge >= 0.3 is 12.2 Å². The molecule has 2 aromatic rings. The van der Waals surface area contributed by atoms with Gasteiger partial charge < -0.3 is 30.0 Å². The lowest BCUT2D eigenvalue weighted by molar-refractivity contribution is -0.141. The largest absolute Gasteiger partial charge is 0.453 e. The van der Waals surface area contributed by atoms with Crippen LogP contribution >= 0.6 is 0 Å². The molecule has 1 saturated heterocycles. The maximum atomic E-state index is 15.2. The van der Waals surface area contributed by atoms with Crippen LogP contribution in [0.3, 0.4) is 0 Å². The van der Waals surface area contributed by atoms with Gasteiger partial charge in [-0.15, -0.1) is 0 Å². The van der Waals surface area contributed by atoms with E-state index in [0.29, 0.717) is 26.3 Å². The Balaban J connectivity index is 1.86. The Morgan fingerprint density at radius 3 is 1.98 bits per heavy atom. The van der Waals surface area contributed by atoms with Gasteiger partial charge in [-0.25, -0.2) is 14.6 Å². The van der Waals surface area contributed by atoms with Crippen LogP contribution in [0.4, 0.5) is 9.59 Å². The zero-order valence-electron chi connectivity index (χ0n) is 34.9. The van der Waals surface area contributed by atoms with Crippen molar-refractivity contribution < 1.29 is 43.3 Å². The van der Waals surface area contributed by atoms with Gasteiger partial charge in [-0.2, -0.15) is 0 Å². The normalized spacial score (nSPS) is 18.4. The van der Waals surface area contributed by atoms with Crippen LogP contribution in [0.15, 0.2) is 54.6 Å². The summed E-state index contributed by atoms with van der Waals surface area (Å²) in [4.78, 5) is 71.6. The Bertz CT molecular complexity index is 1640. The molecular weight excluding hydrogens is 745 g/mol. The number of aliphatic hydroxyl groups is 1. The fourth-order valence-electron chi connectivity index (χ4n) is 7.93. The third kappa shape index (κ3) is 12.8. The molecule has 0 bridgehead atoms. The van der Waals surface area contributed by atoms with Crippen molar-refractivity contribution in [1.82, 2.24) is 26.0 Å². The standard InChI is InChI=1S/C43H64N6O9/c1-28(2)36(45-41(53)56-5)39(51)35(43(44,55)33-15-11-8-12-16-33)34(38(50)32-19-17-31(18-20-32)25-48-21-23-58-24-22-48)27-49(26-30-13-9-7-10-14-30)47-40(52)37(29(3)4)46-42(54)57-6/h8,11-12,15-20,28-30,34-37,55H,7,9-10,13-14,21-27,44H2,1-6H3,(H,45,53)(H,46,54)(H,47,52)/t34-,35?,36-,37-,43?/m0/s1. The summed E-state index contributed by atoms with van der Waals surface area (Å²) in [5.41, 5.74) is 8.88. The Morgan fingerprint density at radius 2 is 1.43 bits per heavy atom. The summed E-state index contributed by atoms with van der Waals surface area (Å²) in [5.74, 6) is -5.47. The van der Waals surface area contributed by atoms with Gasteiger partial charge in [0.1, 0.15) is 11.8 Å². The first-order valence-electron chi connectivity index (χ1n) is 20.4. The van der Waals surface area contributed by atoms with Crippen molar-refractivity contribution >= 4 is 29.7 Å². The lowest BCUT2D eigenvalue weighted by atomic mass is 9.71. The number of carbonyl (C=O) groups is 5. The minimum absolute atomic E-state index is 0.139. The first-order valence-corrected chi connectivity index (χ1v) is 20.4. The number of ketones is 2. The van der Waals surface area contributed by atoms with E-state index < -0.39 is 65.2 Å². The van der Waals surface area contributed by atoms with Gasteiger partial charge in [-0.05, 0) is 41.7 Å². The van der Waals surface area contributed by atoms with Crippen LogP contribution in [-0.2, 0) is 36.1 Å². The number of nitrogens with one attached hydrogen (secondary N) is 3. The predicted octanol–water partition coefficient (Wildman–Crippen LogP) is 3.98. The molecule has 0 radical (unpaired) electrons. The molecule has 2 unspecified atom stereocenters. The molecule has 0 aromatic heterocycles. The third-order valence-corrected chi connectivity index (χ3v) is 11.2. The van der Waals surface area contributed by atoms with E-state index in [9.17, 15) is 19.5 Å². The number of methoxy groups -OCH3 is 2. The minimum Gasteiger partial charge on any atom is -0.453 e. The summed E-state index contributed by atoms with van der Waals surface area (Å²) >= 11 is 0. The second kappa shape index (κ2) is 22.1. The van der Waals surface area contributed by atoms with Crippen molar-refractivity contribution in [2.24, 2.45) is 35.3 Å². The quantitative estimate of drug-likeness (QED) is 0.0778. The van der Waals surface area contributed by atoms with Crippen molar-refractivity contribution in [2.45, 2.75) is 84.2 Å². The topological polar surface area (TPSA) is 202 Å². The number of ether oxygens (including phenoxy) is 3. The SMILES string of the molecule is COC(=O)N[C@H](C(=O)NN(CC1CCCCC1)C[C@H](C(=O)c1ccc(CN2CCOCC2)cc1)C(C(=O)[C@@H](NC(=O)OC)C(C)C)C(N)(O)c1ccccc1)C(C)C. The van der Waals surface area contributed by atoms with E-state index in [4.69, 9.17) is 19.9 Å². The zero-order valence-corrected chi connectivity index (χ0v) is 34.9. The number of alkyl carbamates (subject to hydrolysis) is 2. The molecule has 2 aromatic carbocycles. The lowest BCUT2D eigenvalue weighted by Gasteiger charge is -2.41. The summed E-state index contributed by atoms with van der Waals surface area (Å²) in [5, 5.41) is 19.4. The average molecular weight is 809 g/mol. The number of nitrogens with two attached hydrogens (primary N) is 1. The number of morpholine rings is 1. The fraction of sp³-hybridized carbons (Fsp3) is 0.605. The number of rotatable bonds is 19. The van der Waals surface area contributed by atoms with Gasteiger partial charge in [0, 0.05) is 38.3 Å². The molecule has 0 spiro atoms. The summed E-state index contributed by atoms with van der Waals surface area (Å²) in [6.07, 6.45) is 3.20.